The largest absolute Gasteiger partial charge is 0.345 e. The van der Waals surface area contributed by atoms with E-state index in [9.17, 15) is 14.4 Å². The maximum Gasteiger partial charge on any atom is 0.244 e. The lowest BCUT2D eigenvalue weighted by Crippen LogP contribution is -2.39. The molecule has 0 saturated carbocycles. The summed E-state index contributed by atoms with van der Waals surface area (Å²) in [6.45, 7) is -0.513. The van der Waals surface area contributed by atoms with E-state index in [1.54, 1.807) is 18.2 Å². The van der Waals surface area contributed by atoms with Gasteiger partial charge >= 0.3 is 0 Å². The lowest BCUT2D eigenvalue weighted by Gasteiger charge is -2.09. The predicted molar refractivity (Wildman–Crippen MR) is 107 cm³/mol. The van der Waals surface area contributed by atoms with Crippen LogP contribution in [-0.2, 0) is 14.4 Å². The molecule has 0 aromatic heterocycles. The van der Waals surface area contributed by atoms with Gasteiger partial charge in [-0.15, -0.1) is 0 Å². The Morgan fingerprint density at radius 1 is 0.889 bits per heavy atom. The van der Waals surface area contributed by atoms with Gasteiger partial charge in [-0.05, 0) is 29.8 Å². The number of amides is 3. The van der Waals surface area contributed by atoms with Crippen LogP contribution in [0.2, 0.25) is 10.0 Å². The van der Waals surface area contributed by atoms with E-state index in [0.717, 1.165) is 5.56 Å². The number of anilines is 1. The maximum absolute atomic E-state index is 11.9. The van der Waals surface area contributed by atoms with Crippen molar-refractivity contribution in [3.63, 3.8) is 0 Å². The van der Waals surface area contributed by atoms with E-state index in [1.807, 2.05) is 30.3 Å². The third-order valence-electron chi connectivity index (χ3n) is 3.30. The highest BCUT2D eigenvalue weighted by Gasteiger charge is 2.09. The number of rotatable bonds is 7. The highest BCUT2D eigenvalue weighted by molar-refractivity contribution is 6.35. The minimum Gasteiger partial charge on any atom is -0.345 e. The molecule has 2 rings (SSSR count). The van der Waals surface area contributed by atoms with Crippen LogP contribution in [0.15, 0.2) is 54.6 Å². The number of hydrogen-bond acceptors (Lipinski definition) is 3. The summed E-state index contributed by atoms with van der Waals surface area (Å²) in [5.41, 5.74) is 1.22. The van der Waals surface area contributed by atoms with Crippen molar-refractivity contribution >= 4 is 52.7 Å². The molecule has 0 aliphatic carbocycles. The van der Waals surface area contributed by atoms with Crippen molar-refractivity contribution in [3.8, 4) is 0 Å². The first-order chi connectivity index (χ1) is 12.9. The van der Waals surface area contributed by atoms with Crippen LogP contribution in [-0.4, -0.2) is 30.8 Å². The molecule has 3 amide bonds. The maximum atomic E-state index is 11.9. The fourth-order valence-corrected chi connectivity index (χ4v) is 2.33. The van der Waals surface area contributed by atoms with Gasteiger partial charge in [-0.25, -0.2) is 0 Å². The minimum atomic E-state index is -0.496. The minimum absolute atomic E-state index is 0.247. The number of carbonyl (C=O) groups is 3. The Kier molecular flexibility index (Phi) is 7.85. The zero-order chi connectivity index (χ0) is 19.6. The van der Waals surface area contributed by atoms with Gasteiger partial charge in [0.15, 0.2) is 0 Å². The molecule has 2 aromatic carbocycles. The van der Waals surface area contributed by atoms with Crippen molar-refractivity contribution in [2.75, 3.05) is 18.4 Å². The normalized spacial score (nSPS) is 10.4. The molecule has 0 heterocycles. The van der Waals surface area contributed by atoms with Crippen LogP contribution >= 0.6 is 23.2 Å². The Morgan fingerprint density at radius 2 is 1.59 bits per heavy atom. The lowest BCUT2D eigenvalue weighted by atomic mass is 10.2. The Labute approximate surface area is 166 Å². The standard InChI is InChI=1S/C19H17Cl2N3O3/c20-14-7-8-15(21)16(10-14)24-19(27)12-23-18(26)11-22-17(25)9-6-13-4-2-1-3-5-13/h1-10H,11-12H2,(H,22,25)(H,23,26)(H,24,27)/b9-6+. The molecular formula is C19H17Cl2N3O3. The van der Waals surface area contributed by atoms with Gasteiger partial charge in [0.2, 0.25) is 17.7 Å². The summed E-state index contributed by atoms with van der Waals surface area (Å²) in [5, 5.41) is 8.13. The zero-order valence-electron chi connectivity index (χ0n) is 14.2. The number of benzene rings is 2. The van der Waals surface area contributed by atoms with Crippen LogP contribution in [0.3, 0.4) is 0 Å². The van der Waals surface area contributed by atoms with E-state index in [-0.39, 0.29) is 13.1 Å². The molecule has 2 aromatic rings. The van der Waals surface area contributed by atoms with Crippen molar-refractivity contribution in [2.45, 2.75) is 0 Å². The van der Waals surface area contributed by atoms with Crippen molar-refractivity contribution in [1.29, 1.82) is 0 Å². The van der Waals surface area contributed by atoms with E-state index >= 15 is 0 Å². The van der Waals surface area contributed by atoms with Crippen LogP contribution in [0.4, 0.5) is 5.69 Å². The van der Waals surface area contributed by atoms with Gasteiger partial charge in [-0.3, -0.25) is 14.4 Å². The highest BCUT2D eigenvalue weighted by atomic mass is 35.5. The molecule has 6 nitrogen and oxygen atoms in total. The van der Waals surface area contributed by atoms with E-state index in [0.29, 0.717) is 15.7 Å². The first kappa shape index (κ1) is 20.5. The molecule has 0 radical (unpaired) electrons. The SMILES string of the molecule is O=C(/C=C/c1ccccc1)NCC(=O)NCC(=O)Nc1cc(Cl)ccc1Cl. The summed E-state index contributed by atoms with van der Waals surface area (Å²) >= 11 is 11.8. The first-order valence-corrected chi connectivity index (χ1v) is 8.72. The number of halogens is 2. The second-order valence-corrected chi connectivity index (χ2v) is 6.25. The van der Waals surface area contributed by atoms with Gasteiger partial charge in [0.1, 0.15) is 0 Å². The molecular weight excluding hydrogens is 389 g/mol. The van der Waals surface area contributed by atoms with Crippen molar-refractivity contribution in [2.24, 2.45) is 0 Å². The van der Waals surface area contributed by atoms with Crippen molar-refractivity contribution in [3.05, 3.63) is 70.2 Å². The van der Waals surface area contributed by atoms with Gasteiger partial charge in [0.05, 0.1) is 23.8 Å². The van der Waals surface area contributed by atoms with Crippen LogP contribution in [0.5, 0.6) is 0 Å². The fraction of sp³-hybridized carbons (Fsp3) is 0.105. The zero-order valence-corrected chi connectivity index (χ0v) is 15.7. The summed E-state index contributed by atoms with van der Waals surface area (Å²) in [4.78, 5) is 35.3. The van der Waals surface area contributed by atoms with E-state index < -0.39 is 17.7 Å². The Hall–Kier alpha value is -2.83. The molecule has 0 atom stereocenters. The molecule has 0 aliphatic heterocycles. The molecule has 0 bridgehead atoms. The van der Waals surface area contributed by atoms with Gasteiger partial charge in [0.25, 0.3) is 0 Å². The Bertz CT molecular complexity index is 855. The molecule has 140 valence electrons. The molecule has 0 spiro atoms. The number of hydrogen-bond donors (Lipinski definition) is 3. The van der Waals surface area contributed by atoms with E-state index in [2.05, 4.69) is 16.0 Å². The number of carbonyl (C=O) groups excluding carboxylic acids is 3. The average molecular weight is 406 g/mol. The van der Waals surface area contributed by atoms with E-state index in [1.165, 1.54) is 12.1 Å². The lowest BCUT2D eigenvalue weighted by molar-refractivity contribution is -0.125. The summed E-state index contributed by atoms with van der Waals surface area (Å²) < 4.78 is 0. The van der Waals surface area contributed by atoms with Crippen LogP contribution in [0.25, 0.3) is 6.08 Å². The topological polar surface area (TPSA) is 87.3 Å². The van der Waals surface area contributed by atoms with Crippen LogP contribution in [0.1, 0.15) is 5.56 Å². The molecule has 3 N–H and O–H groups in total. The first-order valence-electron chi connectivity index (χ1n) is 7.96. The fourth-order valence-electron chi connectivity index (χ4n) is 1.99. The molecule has 27 heavy (non-hydrogen) atoms. The van der Waals surface area contributed by atoms with Crippen molar-refractivity contribution < 1.29 is 14.4 Å². The van der Waals surface area contributed by atoms with Gasteiger partial charge in [-0.1, -0.05) is 53.5 Å². The molecule has 0 fully saturated rings. The third-order valence-corrected chi connectivity index (χ3v) is 3.86. The number of nitrogens with one attached hydrogen (secondary N) is 3. The summed E-state index contributed by atoms with van der Waals surface area (Å²) in [7, 11) is 0. The molecule has 0 aliphatic rings. The predicted octanol–water partition coefficient (Wildman–Crippen LogP) is 2.88. The monoisotopic (exact) mass is 405 g/mol. The Balaban J connectivity index is 1.71. The molecule has 8 heteroatoms. The van der Waals surface area contributed by atoms with Gasteiger partial charge < -0.3 is 16.0 Å². The summed E-state index contributed by atoms with van der Waals surface area (Å²) in [5.74, 6) is -1.38. The Morgan fingerprint density at radius 3 is 2.33 bits per heavy atom. The quantitative estimate of drug-likeness (QED) is 0.618. The highest BCUT2D eigenvalue weighted by Crippen LogP contribution is 2.25. The van der Waals surface area contributed by atoms with Gasteiger partial charge in [-0.2, -0.15) is 0 Å². The molecule has 0 saturated heterocycles. The second kappa shape index (κ2) is 10.4. The van der Waals surface area contributed by atoms with Crippen LogP contribution < -0.4 is 16.0 Å². The third kappa shape index (κ3) is 7.52. The smallest absolute Gasteiger partial charge is 0.244 e. The van der Waals surface area contributed by atoms with Gasteiger partial charge in [0, 0.05) is 11.1 Å². The van der Waals surface area contributed by atoms with Crippen LogP contribution in [0, 0.1) is 0 Å². The summed E-state index contributed by atoms with van der Waals surface area (Å²) in [6.07, 6.45) is 2.96. The van der Waals surface area contributed by atoms with Crippen molar-refractivity contribution in [1.82, 2.24) is 10.6 Å². The second-order valence-electron chi connectivity index (χ2n) is 5.41. The average Bonchev–Trinajstić information content (AvgIpc) is 2.66. The van der Waals surface area contributed by atoms with E-state index in [4.69, 9.17) is 23.2 Å². The molecule has 0 unspecified atom stereocenters. The summed E-state index contributed by atoms with van der Waals surface area (Å²) in [6, 6.07) is 13.9.